The highest BCUT2D eigenvalue weighted by Crippen LogP contribution is 2.12. The molecule has 1 rings (SSSR count). The highest BCUT2D eigenvalue weighted by atomic mass is 32.1. The van der Waals surface area contributed by atoms with Gasteiger partial charge >= 0.3 is 0 Å². The van der Waals surface area contributed by atoms with Gasteiger partial charge in [0.25, 0.3) is 5.91 Å². The number of hydrogen-bond acceptors (Lipinski definition) is 3. The van der Waals surface area contributed by atoms with Crippen molar-refractivity contribution in [3.05, 3.63) is 29.8 Å². The zero-order valence-corrected chi connectivity index (χ0v) is 9.12. The number of hydrogen-bond donors (Lipinski definition) is 3. The van der Waals surface area contributed by atoms with Crippen molar-refractivity contribution in [2.75, 3.05) is 0 Å². The summed E-state index contributed by atoms with van der Waals surface area (Å²) in [6, 6.07) is 6.14. The molecule has 3 N–H and O–H groups in total. The maximum absolute atomic E-state index is 11.6. The predicted molar refractivity (Wildman–Crippen MR) is 59.8 cm³/mol. The Kier molecular flexibility index (Phi) is 3.74. The Morgan fingerprint density at radius 2 is 2.00 bits per heavy atom. The first kappa shape index (κ1) is 11.6. The molecule has 2 amide bonds. The maximum atomic E-state index is 11.6. The molecule has 0 aromatic heterocycles. The van der Waals surface area contributed by atoms with Gasteiger partial charge in [0, 0.05) is 4.90 Å². The van der Waals surface area contributed by atoms with E-state index in [1.807, 2.05) is 0 Å². The number of nitrogens with one attached hydrogen (secondary N) is 1. The highest BCUT2D eigenvalue weighted by molar-refractivity contribution is 7.80. The zero-order chi connectivity index (χ0) is 11.4. The molecule has 0 spiro atoms. The third-order valence-corrected chi connectivity index (χ3v) is 2.31. The minimum Gasteiger partial charge on any atom is -0.368 e. The number of rotatable bonds is 3. The van der Waals surface area contributed by atoms with Crippen LogP contribution in [0.25, 0.3) is 0 Å². The molecule has 1 unspecified atom stereocenters. The summed E-state index contributed by atoms with van der Waals surface area (Å²) in [5, 5.41) is 2.47. The third-order valence-electron chi connectivity index (χ3n) is 1.92. The highest BCUT2D eigenvalue weighted by Gasteiger charge is 2.14. The Morgan fingerprint density at radius 3 is 2.53 bits per heavy atom. The Labute approximate surface area is 93.3 Å². The Balaban J connectivity index is 2.78. The fraction of sp³-hybridized carbons (Fsp3) is 0.200. The molecule has 0 radical (unpaired) electrons. The van der Waals surface area contributed by atoms with Crippen molar-refractivity contribution >= 4 is 24.4 Å². The van der Waals surface area contributed by atoms with Crippen molar-refractivity contribution in [1.29, 1.82) is 0 Å². The lowest BCUT2D eigenvalue weighted by Gasteiger charge is -2.10. The number of carbonyl (C=O) groups is 2. The van der Waals surface area contributed by atoms with Crippen LogP contribution in [-0.4, -0.2) is 17.9 Å². The van der Waals surface area contributed by atoms with E-state index in [1.54, 1.807) is 24.3 Å². The van der Waals surface area contributed by atoms with Gasteiger partial charge in [-0.3, -0.25) is 9.59 Å². The molecule has 0 saturated heterocycles. The van der Waals surface area contributed by atoms with Crippen LogP contribution in [0.5, 0.6) is 0 Å². The second-order valence-electron chi connectivity index (χ2n) is 3.11. The smallest absolute Gasteiger partial charge is 0.253 e. The van der Waals surface area contributed by atoms with Crippen LogP contribution in [0.3, 0.4) is 0 Å². The maximum Gasteiger partial charge on any atom is 0.253 e. The van der Waals surface area contributed by atoms with Crippen molar-refractivity contribution in [1.82, 2.24) is 5.32 Å². The van der Waals surface area contributed by atoms with Crippen molar-refractivity contribution in [2.24, 2.45) is 5.73 Å². The monoisotopic (exact) mass is 224 g/mol. The molecule has 0 aliphatic rings. The van der Waals surface area contributed by atoms with Gasteiger partial charge in [-0.25, -0.2) is 0 Å². The summed E-state index contributed by atoms with van der Waals surface area (Å²) in [5.74, 6) is -0.924. The van der Waals surface area contributed by atoms with Crippen molar-refractivity contribution in [3.8, 4) is 0 Å². The van der Waals surface area contributed by atoms with Gasteiger partial charge in [-0.1, -0.05) is 12.1 Å². The number of carbonyl (C=O) groups excluding carboxylic acids is 2. The van der Waals surface area contributed by atoms with Crippen molar-refractivity contribution in [2.45, 2.75) is 17.9 Å². The molecule has 0 fully saturated rings. The number of benzene rings is 1. The van der Waals surface area contributed by atoms with E-state index in [0.717, 1.165) is 0 Å². The molecule has 1 atom stereocenters. The van der Waals surface area contributed by atoms with Gasteiger partial charge in [0.05, 0.1) is 5.56 Å². The van der Waals surface area contributed by atoms with Gasteiger partial charge in [0.2, 0.25) is 5.91 Å². The largest absolute Gasteiger partial charge is 0.368 e. The van der Waals surface area contributed by atoms with Crippen LogP contribution in [0.2, 0.25) is 0 Å². The van der Waals surface area contributed by atoms with E-state index in [0.29, 0.717) is 10.5 Å². The fourth-order valence-electron chi connectivity index (χ4n) is 1.01. The molecule has 15 heavy (non-hydrogen) atoms. The van der Waals surface area contributed by atoms with Crippen LogP contribution in [0.15, 0.2) is 29.2 Å². The van der Waals surface area contributed by atoms with E-state index < -0.39 is 11.9 Å². The average Bonchev–Trinajstić information content (AvgIpc) is 2.18. The number of nitrogens with two attached hydrogens (primary N) is 1. The SMILES string of the molecule is CC(NC(=O)c1ccccc1S)C(N)=O. The summed E-state index contributed by atoms with van der Waals surface area (Å²) in [7, 11) is 0. The van der Waals surface area contributed by atoms with Crippen LogP contribution >= 0.6 is 12.6 Å². The van der Waals surface area contributed by atoms with Gasteiger partial charge in [0.15, 0.2) is 0 Å². The minimum absolute atomic E-state index is 0.355. The number of thiol groups is 1. The van der Waals surface area contributed by atoms with Gasteiger partial charge < -0.3 is 11.1 Å². The lowest BCUT2D eigenvalue weighted by Crippen LogP contribution is -2.42. The molecule has 0 saturated carbocycles. The van der Waals surface area contributed by atoms with E-state index in [9.17, 15) is 9.59 Å². The average molecular weight is 224 g/mol. The molecule has 5 heteroatoms. The Bertz CT molecular complexity index is 393. The molecule has 0 heterocycles. The van der Waals surface area contributed by atoms with Gasteiger partial charge in [-0.05, 0) is 19.1 Å². The van der Waals surface area contributed by atoms with Gasteiger partial charge in [-0.2, -0.15) is 0 Å². The quantitative estimate of drug-likeness (QED) is 0.657. The summed E-state index contributed by atoms with van der Waals surface area (Å²) in [6.07, 6.45) is 0. The lowest BCUT2D eigenvalue weighted by atomic mass is 10.2. The van der Waals surface area contributed by atoms with Crippen molar-refractivity contribution in [3.63, 3.8) is 0 Å². The molecule has 1 aromatic carbocycles. The van der Waals surface area contributed by atoms with E-state index in [1.165, 1.54) is 6.92 Å². The predicted octanol–water partition coefficient (Wildman–Crippen LogP) is 0.579. The summed E-state index contributed by atoms with van der Waals surface area (Å²) < 4.78 is 0. The Morgan fingerprint density at radius 1 is 1.40 bits per heavy atom. The van der Waals surface area contributed by atoms with Crippen LogP contribution in [0.1, 0.15) is 17.3 Å². The molecule has 0 aliphatic heterocycles. The lowest BCUT2D eigenvalue weighted by molar-refractivity contribution is -0.119. The Hall–Kier alpha value is -1.49. The minimum atomic E-state index is -0.689. The van der Waals surface area contributed by atoms with Crippen LogP contribution in [0.4, 0.5) is 0 Å². The first-order valence-corrected chi connectivity index (χ1v) is 4.85. The van der Waals surface area contributed by atoms with Crippen LogP contribution in [0, 0.1) is 0 Å². The summed E-state index contributed by atoms with van der Waals surface area (Å²) in [5.41, 5.74) is 5.45. The molecule has 1 aromatic rings. The van der Waals surface area contributed by atoms with E-state index >= 15 is 0 Å². The molecule has 0 aliphatic carbocycles. The molecule has 4 nitrogen and oxygen atoms in total. The summed E-state index contributed by atoms with van der Waals surface area (Å²) >= 11 is 4.13. The number of amides is 2. The second-order valence-corrected chi connectivity index (χ2v) is 3.60. The zero-order valence-electron chi connectivity index (χ0n) is 8.23. The van der Waals surface area contributed by atoms with E-state index in [-0.39, 0.29) is 5.91 Å². The topological polar surface area (TPSA) is 72.2 Å². The van der Waals surface area contributed by atoms with Crippen molar-refractivity contribution < 1.29 is 9.59 Å². The first-order chi connectivity index (χ1) is 7.02. The van der Waals surface area contributed by atoms with E-state index in [2.05, 4.69) is 17.9 Å². The van der Waals surface area contributed by atoms with Crippen LogP contribution in [-0.2, 0) is 4.79 Å². The van der Waals surface area contributed by atoms with E-state index in [4.69, 9.17) is 5.73 Å². The number of primary amides is 1. The third kappa shape index (κ3) is 2.99. The van der Waals surface area contributed by atoms with Crippen LogP contribution < -0.4 is 11.1 Å². The first-order valence-electron chi connectivity index (χ1n) is 4.40. The van der Waals surface area contributed by atoms with Gasteiger partial charge in [0.1, 0.15) is 6.04 Å². The normalized spacial score (nSPS) is 11.9. The van der Waals surface area contributed by atoms with Gasteiger partial charge in [-0.15, -0.1) is 12.6 Å². The standard InChI is InChI=1S/C10H12N2O2S/c1-6(9(11)13)12-10(14)7-4-2-3-5-8(7)15/h2-6,15H,1H3,(H2,11,13)(H,12,14). The molecular weight excluding hydrogens is 212 g/mol. The molecular formula is C10H12N2O2S. The summed E-state index contributed by atoms with van der Waals surface area (Å²) in [6.45, 7) is 1.53. The molecule has 80 valence electrons. The fourth-order valence-corrected chi connectivity index (χ4v) is 1.27. The molecule has 0 bridgehead atoms. The summed E-state index contributed by atoms with van der Waals surface area (Å²) in [4.78, 5) is 22.9. The second kappa shape index (κ2) is 4.84.